The van der Waals surface area contributed by atoms with Gasteiger partial charge in [-0.25, -0.2) is 4.79 Å². The van der Waals surface area contributed by atoms with Gasteiger partial charge in [-0.05, 0) is 43.7 Å². The Kier molecular flexibility index (Phi) is 7.30. The van der Waals surface area contributed by atoms with E-state index in [-0.39, 0.29) is 12.6 Å². The lowest BCUT2D eigenvalue weighted by atomic mass is 10.1. The molecule has 0 aliphatic heterocycles. The zero-order chi connectivity index (χ0) is 19.1. The first-order chi connectivity index (χ1) is 12.4. The highest BCUT2D eigenvalue weighted by Crippen LogP contribution is 2.26. The van der Waals surface area contributed by atoms with Crippen molar-refractivity contribution in [3.05, 3.63) is 64.1 Å². The molecule has 2 rings (SSSR count). The van der Waals surface area contributed by atoms with Crippen molar-refractivity contribution in [2.24, 2.45) is 0 Å². The minimum Gasteiger partial charge on any atom is -0.482 e. The zero-order valence-corrected chi connectivity index (χ0v) is 15.9. The van der Waals surface area contributed by atoms with Gasteiger partial charge in [-0.1, -0.05) is 47.5 Å². The number of benzene rings is 2. The van der Waals surface area contributed by atoms with Crippen molar-refractivity contribution in [3.8, 4) is 5.75 Å². The van der Waals surface area contributed by atoms with Crippen LogP contribution in [0.4, 0.5) is 0 Å². The first kappa shape index (κ1) is 20.1. The molecular weight excluding hydrogens is 377 g/mol. The van der Waals surface area contributed by atoms with Crippen LogP contribution in [0.2, 0.25) is 10.0 Å². The molecule has 0 aliphatic carbocycles. The fourth-order valence-corrected chi connectivity index (χ4v) is 2.78. The number of hydrogen-bond acceptors (Lipinski definition) is 4. The normalized spacial score (nSPS) is 12.8. The number of para-hydroxylation sites is 1. The molecular formula is C19H19Cl2NO4. The molecule has 0 spiro atoms. The van der Waals surface area contributed by atoms with E-state index in [1.54, 1.807) is 49.4 Å². The first-order valence-electron chi connectivity index (χ1n) is 7.99. The van der Waals surface area contributed by atoms with Gasteiger partial charge in [0.15, 0.2) is 12.7 Å². The first-order valence-corrected chi connectivity index (χ1v) is 8.75. The van der Waals surface area contributed by atoms with Crippen molar-refractivity contribution in [2.75, 3.05) is 6.61 Å². The van der Waals surface area contributed by atoms with Crippen LogP contribution in [-0.2, 0) is 14.3 Å². The lowest BCUT2D eigenvalue weighted by Gasteiger charge is -2.19. The van der Waals surface area contributed by atoms with Gasteiger partial charge in [0.1, 0.15) is 5.75 Å². The Morgan fingerprint density at radius 2 is 1.77 bits per heavy atom. The van der Waals surface area contributed by atoms with E-state index in [2.05, 4.69) is 5.32 Å². The minimum absolute atomic E-state index is 0.278. The largest absolute Gasteiger partial charge is 0.482 e. The fourth-order valence-electron chi connectivity index (χ4n) is 2.20. The van der Waals surface area contributed by atoms with Crippen LogP contribution in [-0.4, -0.2) is 24.6 Å². The topological polar surface area (TPSA) is 64.6 Å². The van der Waals surface area contributed by atoms with Crippen molar-refractivity contribution in [1.82, 2.24) is 5.32 Å². The summed E-state index contributed by atoms with van der Waals surface area (Å²) in [5, 5.41) is 3.71. The molecule has 0 saturated carbocycles. The third-order valence-electron chi connectivity index (χ3n) is 3.57. The van der Waals surface area contributed by atoms with E-state index in [0.29, 0.717) is 15.8 Å². The molecule has 0 fully saturated rings. The summed E-state index contributed by atoms with van der Waals surface area (Å²) in [5.41, 5.74) is 0.718. The predicted molar refractivity (Wildman–Crippen MR) is 101 cm³/mol. The quantitative estimate of drug-likeness (QED) is 0.714. The predicted octanol–water partition coefficient (Wildman–Crippen LogP) is 4.18. The van der Waals surface area contributed by atoms with Gasteiger partial charge in [-0.3, -0.25) is 4.79 Å². The summed E-state index contributed by atoms with van der Waals surface area (Å²) in [6.45, 7) is 2.99. The van der Waals surface area contributed by atoms with Crippen LogP contribution in [0, 0.1) is 0 Å². The summed E-state index contributed by atoms with van der Waals surface area (Å²) in [4.78, 5) is 24.0. The summed E-state index contributed by atoms with van der Waals surface area (Å²) in [5.74, 6) is -0.516. The third-order valence-corrected chi connectivity index (χ3v) is 4.13. The summed E-state index contributed by atoms with van der Waals surface area (Å²) in [6, 6.07) is 13.5. The highest BCUT2D eigenvalue weighted by molar-refractivity contribution is 6.35. The summed E-state index contributed by atoms with van der Waals surface area (Å²) in [6.07, 6.45) is -0.963. The number of ether oxygens (including phenoxy) is 2. The maximum atomic E-state index is 12.2. The van der Waals surface area contributed by atoms with E-state index in [1.807, 2.05) is 6.07 Å². The lowest BCUT2D eigenvalue weighted by molar-refractivity contribution is -0.156. The van der Waals surface area contributed by atoms with Crippen LogP contribution in [0.3, 0.4) is 0 Å². The molecule has 0 unspecified atom stereocenters. The number of nitrogens with one attached hydrogen (secondary N) is 1. The smallest absolute Gasteiger partial charge is 0.344 e. The van der Waals surface area contributed by atoms with Crippen molar-refractivity contribution in [1.29, 1.82) is 0 Å². The Bertz CT molecular complexity index is 767. The van der Waals surface area contributed by atoms with Crippen LogP contribution >= 0.6 is 23.2 Å². The van der Waals surface area contributed by atoms with E-state index in [1.165, 1.54) is 6.92 Å². The van der Waals surface area contributed by atoms with Crippen LogP contribution < -0.4 is 10.1 Å². The van der Waals surface area contributed by atoms with Crippen LogP contribution in [0.1, 0.15) is 25.5 Å². The Labute approximate surface area is 162 Å². The van der Waals surface area contributed by atoms with Crippen molar-refractivity contribution >= 4 is 35.1 Å². The molecule has 1 N–H and O–H groups in total. The molecule has 2 atom stereocenters. The van der Waals surface area contributed by atoms with Gasteiger partial charge in [-0.2, -0.15) is 0 Å². The van der Waals surface area contributed by atoms with Gasteiger partial charge in [0.25, 0.3) is 5.91 Å². The van der Waals surface area contributed by atoms with E-state index in [0.717, 1.165) is 5.56 Å². The number of halogens is 2. The van der Waals surface area contributed by atoms with Crippen LogP contribution in [0.5, 0.6) is 5.75 Å². The van der Waals surface area contributed by atoms with E-state index in [9.17, 15) is 9.59 Å². The average Bonchev–Trinajstić information content (AvgIpc) is 2.60. The fraction of sp³-hybridized carbons (Fsp3) is 0.263. The summed E-state index contributed by atoms with van der Waals surface area (Å²) < 4.78 is 10.4. The lowest BCUT2D eigenvalue weighted by Crippen LogP contribution is -2.38. The second kappa shape index (κ2) is 9.46. The number of carbonyl (C=O) groups is 2. The molecule has 5 nitrogen and oxygen atoms in total. The molecule has 0 radical (unpaired) electrons. The summed E-state index contributed by atoms with van der Waals surface area (Å²) in [7, 11) is 0. The van der Waals surface area contributed by atoms with Crippen LogP contribution in [0.25, 0.3) is 0 Å². The molecule has 2 aromatic rings. The van der Waals surface area contributed by atoms with E-state index in [4.69, 9.17) is 32.7 Å². The van der Waals surface area contributed by atoms with Crippen molar-refractivity contribution in [3.63, 3.8) is 0 Å². The molecule has 0 aromatic heterocycles. The van der Waals surface area contributed by atoms with Gasteiger partial charge in [-0.15, -0.1) is 0 Å². The highest BCUT2D eigenvalue weighted by Gasteiger charge is 2.21. The van der Waals surface area contributed by atoms with E-state index < -0.39 is 18.0 Å². The molecule has 7 heteroatoms. The van der Waals surface area contributed by atoms with Gasteiger partial charge < -0.3 is 14.8 Å². The monoisotopic (exact) mass is 395 g/mol. The van der Waals surface area contributed by atoms with Crippen molar-refractivity contribution < 1.29 is 19.1 Å². The van der Waals surface area contributed by atoms with Gasteiger partial charge in [0, 0.05) is 10.0 Å². The maximum absolute atomic E-state index is 12.2. The van der Waals surface area contributed by atoms with Gasteiger partial charge in [0.2, 0.25) is 0 Å². The Morgan fingerprint density at radius 1 is 1.08 bits per heavy atom. The second-order valence-corrected chi connectivity index (χ2v) is 6.47. The average molecular weight is 396 g/mol. The minimum atomic E-state index is -0.963. The van der Waals surface area contributed by atoms with Gasteiger partial charge >= 0.3 is 5.97 Å². The molecule has 26 heavy (non-hydrogen) atoms. The Hall–Kier alpha value is -2.24. The van der Waals surface area contributed by atoms with Crippen molar-refractivity contribution in [2.45, 2.75) is 26.0 Å². The highest BCUT2D eigenvalue weighted by atomic mass is 35.5. The molecule has 0 aliphatic rings. The number of esters is 1. The number of amides is 1. The standard InChI is InChI=1S/C19H19Cl2NO4/c1-12(16-9-8-14(20)10-17(16)21)22-19(24)13(2)26-18(23)11-25-15-6-4-3-5-7-15/h3-10,12-13H,11H2,1-2H3,(H,22,24)/t12-,13-/m1/s1. The summed E-state index contributed by atoms with van der Waals surface area (Å²) >= 11 is 12.0. The zero-order valence-electron chi connectivity index (χ0n) is 14.4. The molecule has 2 aromatic carbocycles. The Balaban J connectivity index is 1.83. The molecule has 1 amide bonds. The second-order valence-electron chi connectivity index (χ2n) is 5.63. The number of carbonyl (C=O) groups excluding carboxylic acids is 2. The number of hydrogen-bond donors (Lipinski definition) is 1. The molecule has 0 bridgehead atoms. The van der Waals surface area contributed by atoms with Gasteiger partial charge in [0.05, 0.1) is 6.04 Å². The molecule has 0 heterocycles. The van der Waals surface area contributed by atoms with Crippen LogP contribution in [0.15, 0.2) is 48.5 Å². The maximum Gasteiger partial charge on any atom is 0.344 e. The third kappa shape index (κ3) is 5.93. The Morgan fingerprint density at radius 3 is 2.42 bits per heavy atom. The SMILES string of the molecule is C[C@@H](OC(=O)COc1ccccc1)C(=O)N[C@H](C)c1ccc(Cl)cc1Cl. The molecule has 0 saturated heterocycles. The number of rotatable bonds is 7. The molecule has 138 valence electrons. The van der Waals surface area contributed by atoms with E-state index >= 15 is 0 Å².